The normalized spacial score (nSPS) is 10.9. The van der Waals surface area contributed by atoms with E-state index in [1.807, 2.05) is 6.92 Å². The van der Waals surface area contributed by atoms with E-state index in [1.165, 1.54) is 7.05 Å². The number of rotatable bonds is 6. The van der Waals surface area contributed by atoms with Crippen molar-refractivity contribution >= 4 is 28.5 Å². The van der Waals surface area contributed by atoms with Crippen LogP contribution in [0.4, 0.5) is 5.82 Å². The monoisotopic (exact) mass is 385 g/mol. The van der Waals surface area contributed by atoms with Gasteiger partial charge in [0.15, 0.2) is 12.3 Å². The molecule has 3 aromatic rings. The van der Waals surface area contributed by atoms with Crippen molar-refractivity contribution in [3.05, 3.63) is 56.4 Å². The molecule has 146 valence electrons. The molecule has 28 heavy (non-hydrogen) atoms. The third-order valence-electron chi connectivity index (χ3n) is 4.31. The molecular weight excluding hydrogens is 366 g/mol. The Hall–Kier alpha value is -3.69. The van der Waals surface area contributed by atoms with E-state index in [1.54, 1.807) is 24.3 Å². The molecule has 2 heterocycles. The number of para-hydroxylation sites is 1. The van der Waals surface area contributed by atoms with Gasteiger partial charge in [-0.2, -0.15) is 5.10 Å². The first-order valence-corrected chi connectivity index (χ1v) is 8.59. The molecule has 0 aliphatic carbocycles. The second-order valence-corrected chi connectivity index (χ2v) is 6.18. The van der Waals surface area contributed by atoms with Gasteiger partial charge in [0.1, 0.15) is 11.4 Å². The molecule has 0 atom stereocenters. The number of fused-ring (bicyclic) bond motifs is 1. The smallest absolute Gasteiger partial charge is 0.359 e. The van der Waals surface area contributed by atoms with Crippen LogP contribution in [0.5, 0.6) is 0 Å². The highest BCUT2D eigenvalue weighted by molar-refractivity contribution is 6.05. The van der Waals surface area contributed by atoms with E-state index in [0.29, 0.717) is 17.3 Å². The number of nitrogens with zero attached hydrogens (tertiary/aromatic N) is 3. The molecule has 0 unspecified atom stereocenters. The number of aromatic nitrogens is 4. The predicted molar refractivity (Wildman–Crippen MR) is 101 cm³/mol. The summed E-state index contributed by atoms with van der Waals surface area (Å²) in [6.07, 6.45) is 0.581. The molecule has 0 fully saturated rings. The van der Waals surface area contributed by atoms with Crippen LogP contribution < -0.4 is 17.0 Å². The van der Waals surface area contributed by atoms with Crippen LogP contribution >= 0.6 is 0 Å². The lowest BCUT2D eigenvalue weighted by Gasteiger charge is -2.13. The first-order valence-electron chi connectivity index (χ1n) is 8.59. The van der Waals surface area contributed by atoms with Crippen LogP contribution in [0, 0.1) is 0 Å². The summed E-state index contributed by atoms with van der Waals surface area (Å²) >= 11 is 0. The SMILES string of the molecule is CCCn1c(N)c(C(=O)COC(=O)c2n[nH]c3ccccc23)c(=O)n(C)c1=O. The summed E-state index contributed by atoms with van der Waals surface area (Å²) in [6, 6.07) is 6.95. The fourth-order valence-electron chi connectivity index (χ4n) is 2.88. The van der Waals surface area contributed by atoms with E-state index in [4.69, 9.17) is 10.5 Å². The lowest BCUT2D eigenvalue weighted by atomic mass is 10.2. The van der Waals surface area contributed by atoms with Gasteiger partial charge < -0.3 is 10.5 Å². The number of nitrogens with one attached hydrogen (secondary N) is 1. The number of anilines is 1. The van der Waals surface area contributed by atoms with Crippen LogP contribution in [0.2, 0.25) is 0 Å². The summed E-state index contributed by atoms with van der Waals surface area (Å²) in [6.45, 7) is 1.37. The number of esters is 1. The zero-order valence-corrected chi connectivity index (χ0v) is 15.4. The summed E-state index contributed by atoms with van der Waals surface area (Å²) in [5.74, 6) is -1.85. The van der Waals surface area contributed by atoms with Gasteiger partial charge >= 0.3 is 11.7 Å². The maximum atomic E-state index is 12.5. The topological polar surface area (TPSA) is 142 Å². The van der Waals surface area contributed by atoms with Crippen molar-refractivity contribution in [2.75, 3.05) is 12.3 Å². The molecule has 0 spiro atoms. The summed E-state index contributed by atoms with van der Waals surface area (Å²) < 4.78 is 6.99. The Kier molecular flexibility index (Phi) is 5.12. The van der Waals surface area contributed by atoms with Gasteiger partial charge in [0, 0.05) is 19.0 Å². The maximum Gasteiger partial charge on any atom is 0.359 e. The molecule has 2 aromatic heterocycles. The lowest BCUT2D eigenvalue weighted by molar-refractivity contribution is 0.0470. The fraction of sp³-hybridized carbons (Fsp3) is 0.278. The highest BCUT2D eigenvalue weighted by Gasteiger charge is 2.23. The summed E-state index contributed by atoms with van der Waals surface area (Å²) in [5.41, 5.74) is 4.74. The Balaban J connectivity index is 1.86. The number of ether oxygens (including phenoxy) is 1. The number of nitrogens with two attached hydrogens (primary N) is 1. The lowest BCUT2D eigenvalue weighted by Crippen LogP contribution is -2.43. The second kappa shape index (κ2) is 7.51. The van der Waals surface area contributed by atoms with Crippen molar-refractivity contribution in [3.63, 3.8) is 0 Å². The highest BCUT2D eigenvalue weighted by Crippen LogP contribution is 2.16. The van der Waals surface area contributed by atoms with Gasteiger partial charge in [-0.1, -0.05) is 25.1 Å². The number of carbonyl (C=O) groups excluding carboxylic acids is 2. The van der Waals surface area contributed by atoms with Gasteiger partial charge in [-0.3, -0.25) is 23.8 Å². The van der Waals surface area contributed by atoms with Gasteiger partial charge in [-0.15, -0.1) is 0 Å². The number of H-pyrrole nitrogens is 1. The third-order valence-corrected chi connectivity index (χ3v) is 4.31. The Morgan fingerprint density at radius 1 is 1.25 bits per heavy atom. The van der Waals surface area contributed by atoms with Crippen molar-refractivity contribution in [1.29, 1.82) is 0 Å². The van der Waals surface area contributed by atoms with Crippen LogP contribution in [0.15, 0.2) is 33.9 Å². The van der Waals surface area contributed by atoms with Crippen molar-refractivity contribution in [2.24, 2.45) is 7.05 Å². The molecule has 1 aromatic carbocycles. The number of aromatic amines is 1. The Labute approximate surface area is 158 Å². The van der Waals surface area contributed by atoms with Gasteiger partial charge in [0.25, 0.3) is 5.56 Å². The van der Waals surface area contributed by atoms with E-state index in [-0.39, 0.29) is 23.6 Å². The summed E-state index contributed by atoms with van der Waals surface area (Å²) in [7, 11) is 1.26. The van der Waals surface area contributed by atoms with Crippen molar-refractivity contribution in [1.82, 2.24) is 19.3 Å². The molecular formula is C18H19N5O5. The molecule has 10 heteroatoms. The van der Waals surface area contributed by atoms with E-state index in [2.05, 4.69) is 10.2 Å². The Morgan fingerprint density at radius 2 is 1.96 bits per heavy atom. The first-order chi connectivity index (χ1) is 13.4. The van der Waals surface area contributed by atoms with Gasteiger partial charge in [0.2, 0.25) is 5.78 Å². The third kappa shape index (κ3) is 3.20. The van der Waals surface area contributed by atoms with Crippen molar-refractivity contribution < 1.29 is 14.3 Å². The number of nitrogen functional groups attached to an aromatic ring is 1. The number of ketones is 1. The number of hydrogen-bond acceptors (Lipinski definition) is 7. The van der Waals surface area contributed by atoms with Gasteiger partial charge in [-0.25, -0.2) is 9.59 Å². The predicted octanol–water partition coefficient (Wildman–Crippen LogP) is 0.455. The standard InChI is InChI=1S/C18H19N5O5/c1-3-8-23-15(19)13(16(25)22(2)18(23)27)12(24)9-28-17(26)14-10-6-4-5-7-11(10)20-21-14/h4-7H,3,8-9,19H2,1-2H3,(H,20,21). The fourth-order valence-corrected chi connectivity index (χ4v) is 2.88. The van der Waals surface area contributed by atoms with Crippen LogP contribution in [0.25, 0.3) is 10.9 Å². The average molecular weight is 385 g/mol. The molecule has 0 saturated carbocycles. The molecule has 0 bridgehead atoms. The molecule has 0 aliphatic rings. The molecule has 0 amide bonds. The van der Waals surface area contributed by atoms with E-state index >= 15 is 0 Å². The molecule has 10 nitrogen and oxygen atoms in total. The number of Topliss-reactive ketones (excluding diaryl/α,β-unsaturated/α-hetero) is 1. The van der Waals surface area contributed by atoms with Gasteiger partial charge in [-0.05, 0) is 12.5 Å². The van der Waals surface area contributed by atoms with Crippen LogP contribution in [-0.4, -0.2) is 37.7 Å². The van der Waals surface area contributed by atoms with Crippen LogP contribution in [-0.2, 0) is 18.3 Å². The zero-order valence-electron chi connectivity index (χ0n) is 15.4. The maximum absolute atomic E-state index is 12.5. The van der Waals surface area contributed by atoms with Crippen molar-refractivity contribution in [3.8, 4) is 0 Å². The molecule has 0 aliphatic heterocycles. The van der Waals surface area contributed by atoms with E-state index < -0.39 is 29.6 Å². The Morgan fingerprint density at radius 3 is 2.68 bits per heavy atom. The summed E-state index contributed by atoms with van der Waals surface area (Å²) in [5, 5.41) is 7.14. The highest BCUT2D eigenvalue weighted by atomic mass is 16.5. The first kappa shape index (κ1) is 19.1. The average Bonchev–Trinajstić information content (AvgIpc) is 3.12. The van der Waals surface area contributed by atoms with Crippen LogP contribution in [0.3, 0.4) is 0 Å². The summed E-state index contributed by atoms with van der Waals surface area (Å²) in [4.78, 5) is 49.3. The van der Waals surface area contributed by atoms with E-state index in [9.17, 15) is 19.2 Å². The molecule has 0 radical (unpaired) electrons. The van der Waals surface area contributed by atoms with Crippen LogP contribution in [0.1, 0.15) is 34.2 Å². The largest absolute Gasteiger partial charge is 0.452 e. The molecule has 3 N–H and O–H groups in total. The van der Waals surface area contributed by atoms with E-state index in [0.717, 1.165) is 9.13 Å². The minimum Gasteiger partial charge on any atom is -0.452 e. The molecule has 0 saturated heterocycles. The number of benzene rings is 1. The molecule has 3 rings (SSSR count). The zero-order chi connectivity index (χ0) is 20.4. The number of carbonyl (C=O) groups is 2. The van der Waals surface area contributed by atoms with Crippen molar-refractivity contribution in [2.45, 2.75) is 19.9 Å². The number of hydrogen-bond donors (Lipinski definition) is 2. The quantitative estimate of drug-likeness (QED) is 0.463. The minimum absolute atomic E-state index is 0.0280. The Bertz CT molecular complexity index is 1190. The minimum atomic E-state index is -0.832. The second-order valence-electron chi connectivity index (χ2n) is 6.18. The van der Waals surface area contributed by atoms with Gasteiger partial charge in [0.05, 0.1) is 5.52 Å².